The Morgan fingerprint density at radius 3 is 2.40 bits per heavy atom. The van der Waals surface area contributed by atoms with Gasteiger partial charge in [-0.05, 0) is 6.92 Å². The van der Waals surface area contributed by atoms with E-state index < -0.39 is 0 Å². The van der Waals surface area contributed by atoms with Crippen molar-refractivity contribution in [2.24, 2.45) is 0 Å². The standard InChI is InChI=1S/C7H10BrNO/c1-6(10-2)3-7(8,4-6)5-9/h3-4H2,1-2H3. The summed E-state index contributed by atoms with van der Waals surface area (Å²) in [5.74, 6) is 0. The van der Waals surface area contributed by atoms with E-state index in [1.807, 2.05) is 6.92 Å². The number of alkyl halides is 1. The van der Waals surface area contributed by atoms with E-state index in [0.29, 0.717) is 0 Å². The van der Waals surface area contributed by atoms with Crippen molar-refractivity contribution in [1.82, 2.24) is 0 Å². The van der Waals surface area contributed by atoms with Crippen LogP contribution in [-0.4, -0.2) is 17.0 Å². The molecule has 0 aromatic rings. The van der Waals surface area contributed by atoms with E-state index in [4.69, 9.17) is 10.00 Å². The van der Waals surface area contributed by atoms with Crippen molar-refractivity contribution >= 4 is 15.9 Å². The van der Waals surface area contributed by atoms with Crippen LogP contribution in [0.4, 0.5) is 0 Å². The molecule has 1 rings (SSSR count). The van der Waals surface area contributed by atoms with Crippen molar-refractivity contribution in [3.63, 3.8) is 0 Å². The lowest BCUT2D eigenvalue weighted by Crippen LogP contribution is -2.51. The second-order valence-electron chi connectivity index (χ2n) is 3.08. The van der Waals surface area contributed by atoms with Crippen LogP contribution < -0.4 is 0 Å². The number of ether oxygens (including phenoxy) is 1. The number of hydrogen-bond acceptors (Lipinski definition) is 2. The summed E-state index contributed by atoms with van der Waals surface area (Å²) in [6.07, 6.45) is 1.57. The van der Waals surface area contributed by atoms with Crippen molar-refractivity contribution in [1.29, 1.82) is 5.26 Å². The third kappa shape index (κ3) is 1.18. The number of halogens is 1. The van der Waals surface area contributed by atoms with E-state index in [0.717, 1.165) is 12.8 Å². The van der Waals surface area contributed by atoms with Crippen LogP contribution in [0.5, 0.6) is 0 Å². The van der Waals surface area contributed by atoms with Gasteiger partial charge < -0.3 is 4.74 Å². The maximum Gasteiger partial charge on any atom is 0.117 e. The van der Waals surface area contributed by atoms with Crippen LogP contribution in [0.15, 0.2) is 0 Å². The normalized spacial score (nSPS) is 45.8. The van der Waals surface area contributed by atoms with Crippen LogP contribution in [0.2, 0.25) is 0 Å². The minimum absolute atomic E-state index is 0.0702. The number of methoxy groups -OCH3 is 1. The van der Waals surface area contributed by atoms with Crippen molar-refractivity contribution < 1.29 is 4.74 Å². The molecule has 2 nitrogen and oxygen atoms in total. The largest absolute Gasteiger partial charge is 0.378 e. The molecule has 0 N–H and O–H groups in total. The highest BCUT2D eigenvalue weighted by molar-refractivity contribution is 9.10. The third-order valence-electron chi connectivity index (χ3n) is 2.00. The first-order chi connectivity index (χ1) is 4.54. The summed E-state index contributed by atoms with van der Waals surface area (Å²) in [5, 5.41) is 8.62. The first-order valence-corrected chi connectivity index (χ1v) is 3.98. The Balaban J connectivity index is 2.52. The molecule has 0 aromatic heterocycles. The molecule has 1 aliphatic carbocycles. The van der Waals surface area contributed by atoms with Gasteiger partial charge in [-0.25, -0.2) is 0 Å². The molecule has 10 heavy (non-hydrogen) atoms. The van der Waals surface area contributed by atoms with Crippen molar-refractivity contribution in [3.05, 3.63) is 0 Å². The van der Waals surface area contributed by atoms with Crippen LogP contribution in [0.3, 0.4) is 0 Å². The number of nitriles is 1. The zero-order valence-corrected chi connectivity index (χ0v) is 7.73. The summed E-state index contributed by atoms with van der Waals surface area (Å²) in [6, 6.07) is 2.20. The van der Waals surface area contributed by atoms with Gasteiger partial charge in [0.05, 0.1) is 11.7 Å². The molecule has 0 unspecified atom stereocenters. The second kappa shape index (κ2) is 2.21. The zero-order valence-electron chi connectivity index (χ0n) is 6.15. The predicted octanol–water partition coefficient (Wildman–Crippen LogP) is 1.84. The quantitative estimate of drug-likeness (QED) is 0.610. The fraction of sp³-hybridized carbons (Fsp3) is 0.857. The first kappa shape index (κ1) is 8.03. The first-order valence-electron chi connectivity index (χ1n) is 3.19. The number of nitrogens with zero attached hydrogens (tertiary/aromatic N) is 1. The number of hydrogen-bond donors (Lipinski definition) is 0. The van der Waals surface area contributed by atoms with E-state index >= 15 is 0 Å². The van der Waals surface area contributed by atoms with Gasteiger partial charge in [-0.3, -0.25) is 0 Å². The molecule has 1 aliphatic rings. The molecule has 3 heteroatoms. The van der Waals surface area contributed by atoms with Gasteiger partial charge in [-0.15, -0.1) is 0 Å². The lowest BCUT2D eigenvalue weighted by molar-refractivity contribution is -0.0636. The molecule has 0 radical (unpaired) electrons. The molecule has 0 bridgehead atoms. The average Bonchev–Trinajstić information content (AvgIpc) is 1.85. The fourth-order valence-electron chi connectivity index (χ4n) is 1.36. The highest BCUT2D eigenvalue weighted by atomic mass is 79.9. The Kier molecular flexibility index (Phi) is 1.78. The molecule has 0 aromatic carbocycles. The second-order valence-corrected chi connectivity index (χ2v) is 4.60. The minimum atomic E-state index is -0.308. The van der Waals surface area contributed by atoms with Gasteiger partial charge in [-0.1, -0.05) is 15.9 Å². The molecule has 1 saturated carbocycles. The molecular weight excluding hydrogens is 194 g/mol. The lowest BCUT2D eigenvalue weighted by atomic mass is 9.72. The monoisotopic (exact) mass is 203 g/mol. The summed E-state index contributed by atoms with van der Waals surface area (Å²) < 4.78 is 4.88. The highest BCUT2D eigenvalue weighted by Gasteiger charge is 2.51. The third-order valence-corrected chi connectivity index (χ3v) is 2.74. The van der Waals surface area contributed by atoms with Crippen molar-refractivity contribution in [3.8, 4) is 6.07 Å². The van der Waals surface area contributed by atoms with Gasteiger partial charge in [0.25, 0.3) is 0 Å². The van der Waals surface area contributed by atoms with Crippen LogP contribution in [0.25, 0.3) is 0 Å². The molecule has 0 amide bonds. The van der Waals surface area contributed by atoms with Crippen molar-refractivity contribution in [2.75, 3.05) is 7.11 Å². The average molecular weight is 204 g/mol. The molecule has 0 saturated heterocycles. The highest BCUT2D eigenvalue weighted by Crippen LogP contribution is 2.48. The maximum atomic E-state index is 8.62. The van der Waals surface area contributed by atoms with Gasteiger partial charge in [-0.2, -0.15) is 5.26 Å². The van der Waals surface area contributed by atoms with Crippen LogP contribution in [0.1, 0.15) is 19.8 Å². The van der Waals surface area contributed by atoms with Gasteiger partial charge in [0.15, 0.2) is 0 Å². The molecule has 0 heterocycles. The summed E-state index contributed by atoms with van der Waals surface area (Å²) in [6.45, 7) is 2.02. The SMILES string of the molecule is COC1(C)CC(Br)(C#N)C1. The predicted molar refractivity (Wildman–Crippen MR) is 41.9 cm³/mol. The van der Waals surface area contributed by atoms with Crippen molar-refractivity contribution in [2.45, 2.75) is 29.7 Å². The lowest BCUT2D eigenvalue weighted by Gasteiger charge is -2.46. The summed E-state index contributed by atoms with van der Waals surface area (Å²) in [4.78, 5) is 0. The van der Waals surface area contributed by atoms with Gasteiger partial charge in [0.2, 0.25) is 0 Å². The Hall–Kier alpha value is -0.0700. The van der Waals surface area contributed by atoms with E-state index in [-0.39, 0.29) is 9.93 Å². The Labute approximate surface area is 69.3 Å². The molecular formula is C7H10BrNO. The summed E-state index contributed by atoms with van der Waals surface area (Å²) in [7, 11) is 1.68. The minimum Gasteiger partial charge on any atom is -0.378 e. The maximum absolute atomic E-state index is 8.62. The zero-order chi connectivity index (χ0) is 7.83. The number of rotatable bonds is 1. The fourth-order valence-corrected chi connectivity index (χ4v) is 2.54. The molecule has 0 aliphatic heterocycles. The van der Waals surface area contributed by atoms with Gasteiger partial charge >= 0.3 is 0 Å². The van der Waals surface area contributed by atoms with E-state index in [2.05, 4.69) is 22.0 Å². The molecule has 0 spiro atoms. The van der Waals surface area contributed by atoms with Crippen LogP contribution >= 0.6 is 15.9 Å². The van der Waals surface area contributed by atoms with E-state index in [1.54, 1.807) is 7.11 Å². The Bertz CT molecular complexity index is 179. The van der Waals surface area contributed by atoms with Gasteiger partial charge in [0, 0.05) is 20.0 Å². The summed E-state index contributed by atoms with van der Waals surface area (Å²) >= 11 is 3.34. The van der Waals surface area contributed by atoms with E-state index in [9.17, 15) is 0 Å². The molecule has 56 valence electrons. The summed E-state index contributed by atoms with van der Waals surface area (Å²) in [5.41, 5.74) is -0.0702. The Morgan fingerprint density at radius 1 is 1.60 bits per heavy atom. The molecule has 0 atom stereocenters. The molecule has 1 fully saturated rings. The smallest absolute Gasteiger partial charge is 0.117 e. The van der Waals surface area contributed by atoms with Crippen LogP contribution in [-0.2, 0) is 4.74 Å². The van der Waals surface area contributed by atoms with Gasteiger partial charge in [0.1, 0.15) is 4.32 Å². The van der Waals surface area contributed by atoms with Crippen LogP contribution in [0, 0.1) is 11.3 Å². The Morgan fingerprint density at radius 2 is 2.10 bits per heavy atom. The van der Waals surface area contributed by atoms with E-state index in [1.165, 1.54) is 0 Å². The topological polar surface area (TPSA) is 33.0 Å².